The van der Waals surface area contributed by atoms with Crippen molar-refractivity contribution in [2.75, 3.05) is 31.5 Å². The second-order valence-corrected chi connectivity index (χ2v) is 6.72. The fourth-order valence-corrected chi connectivity index (χ4v) is 2.94. The molecule has 1 fully saturated rings. The number of halogens is 1. The number of carbonyl (C=O) groups is 1. The van der Waals surface area contributed by atoms with Gasteiger partial charge in [0.15, 0.2) is 0 Å². The summed E-state index contributed by atoms with van der Waals surface area (Å²) in [5.74, 6) is 0. The summed E-state index contributed by atoms with van der Waals surface area (Å²) in [5, 5.41) is 5.75. The van der Waals surface area contributed by atoms with E-state index in [1.165, 1.54) is 0 Å². The molecular formula is C16H24BrN3O2. The first kappa shape index (κ1) is 17.2. The van der Waals surface area contributed by atoms with Crippen molar-refractivity contribution in [1.29, 1.82) is 0 Å². The molecule has 1 aliphatic heterocycles. The van der Waals surface area contributed by atoms with Gasteiger partial charge in [-0.15, -0.1) is 0 Å². The molecule has 122 valence electrons. The molecular weight excluding hydrogens is 346 g/mol. The van der Waals surface area contributed by atoms with E-state index in [1.54, 1.807) is 0 Å². The van der Waals surface area contributed by atoms with Crippen LogP contribution in [0.4, 0.5) is 10.5 Å². The van der Waals surface area contributed by atoms with Crippen LogP contribution in [-0.2, 0) is 4.74 Å². The third-order valence-corrected chi connectivity index (χ3v) is 4.51. The van der Waals surface area contributed by atoms with Crippen LogP contribution in [-0.4, -0.2) is 49.3 Å². The smallest absolute Gasteiger partial charge is 0.319 e. The third-order valence-electron chi connectivity index (χ3n) is 3.62. The first-order chi connectivity index (χ1) is 10.4. The van der Waals surface area contributed by atoms with Gasteiger partial charge in [0.05, 0.1) is 12.2 Å². The topological polar surface area (TPSA) is 53.6 Å². The Morgan fingerprint density at radius 1 is 1.36 bits per heavy atom. The molecule has 0 aliphatic carbocycles. The largest absolute Gasteiger partial charge is 0.373 e. The Morgan fingerprint density at radius 3 is 2.68 bits per heavy atom. The Hall–Kier alpha value is -1.11. The normalized spacial score (nSPS) is 22.4. The van der Waals surface area contributed by atoms with Crippen LogP contribution in [0.15, 0.2) is 22.7 Å². The van der Waals surface area contributed by atoms with Crippen molar-refractivity contribution >= 4 is 27.6 Å². The van der Waals surface area contributed by atoms with Crippen molar-refractivity contribution in [3.63, 3.8) is 0 Å². The highest BCUT2D eigenvalue weighted by Gasteiger charge is 2.21. The number of rotatable bonds is 4. The van der Waals surface area contributed by atoms with Gasteiger partial charge in [-0.1, -0.05) is 15.9 Å². The van der Waals surface area contributed by atoms with Gasteiger partial charge < -0.3 is 15.4 Å². The van der Waals surface area contributed by atoms with Gasteiger partial charge in [0.25, 0.3) is 0 Å². The molecule has 2 N–H and O–H groups in total. The highest BCUT2D eigenvalue weighted by atomic mass is 79.9. The van der Waals surface area contributed by atoms with E-state index in [0.717, 1.165) is 35.4 Å². The molecule has 0 aromatic heterocycles. The molecule has 1 aromatic carbocycles. The molecule has 0 radical (unpaired) electrons. The van der Waals surface area contributed by atoms with Crippen LogP contribution < -0.4 is 10.6 Å². The lowest BCUT2D eigenvalue weighted by Gasteiger charge is -2.35. The maximum atomic E-state index is 11.9. The van der Waals surface area contributed by atoms with Crippen molar-refractivity contribution < 1.29 is 9.53 Å². The molecule has 1 aliphatic rings. The van der Waals surface area contributed by atoms with Gasteiger partial charge in [-0.05, 0) is 44.5 Å². The third kappa shape index (κ3) is 5.26. The number of hydrogen-bond donors (Lipinski definition) is 2. The summed E-state index contributed by atoms with van der Waals surface area (Å²) in [4.78, 5) is 14.2. The van der Waals surface area contributed by atoms with Crippen molar-refractivity contribution in [1.82, 2.24) is 10.2 Å². The SMILES string of the molecule is Cc1cc(NC(=O)NCCN2CC(C)OC(C)C2)ccc1Br. The fraction of sp³-hybridized carbons (Fsp3) is 0.562. The predicted molar refractivity (Wildman–Crippen MR) is 92.3 cm³/mol. The number of ether oxygens (including phenoxy) is 1. The van der Waals surface area contributed by atoms with Crippen molar-refractivity contribution in [3.8, 4) is 0 Å². The van der Waals surface area contributed by atoms with Crippen LogP contribution in [0.25, 0.3) is 0 Å². The number of nitrogens with zero attached hydrogens (tertiary/aromatic N) is 1. The van der Waals surface area contributed by atoms with Crippen LogP contribution in [0.3, 0.4) is 0 Å². The number of urea groups is 1. The molecule has 0 spiro atoms. The summed E-state index contributed by atoms with van der Waals surface area (Å²) >= 11 is 3.45. The van der Waals surface area contributed by atoms with Gasteiger partial charge in [-0.25, -0.2) is 4.79 Å². The van der Waals surface area contributed by atoms with E-state index < -0.39 is 0 Å². The monoisotopic (exact) mass is 369 g/mol. The zero-order chi connectivity index (χ0) is 16.1. The predicted octanol–water partition coefficient (Wildman–Crippen LogP) is 2.99. The fourth-order valence-electron chi connectivity index (χ4n) is 2.69. The van der Waals surface area contributed by atoms with Crippen molar-refractivity contribution in [2.45, 2.75) is 33.0 Å². The average Bonchev–Trinajstić information content (AvgIpc) is 2.42. The lowest BCUT2D eigenvalue weighted by Crippen LogP contribution is -2.48. The summed E-state index contributed by atoms with van der Waals surface area (Å²) in [6.45, 7) is 9.45. The lowest BCUT2D eigenvalue weighted by atomic mass is 10.2. The minimum atomic E-state index is -0.170. The molecule has 5 nitrogen and oxygen atoms in total. The standard InChI is InChI=1S/C16H24BrN3O2/c1-11-8-14(4-5-15(11)17)19-16(21)18-6-7-20-9-12(2)22-13(3)10-20/h4-5,8,12-13H,6-7,9-10H2,1-3H3,(H2,18,19,21). The van der Waals surface area contributed by atoms with Crippen LogP contribution >= 0.6 is 15.9 Å². The molecule has 2 atom stereocenters. The van der Waals surface area contributed by atoms with E-state index in [4.69, 9.17) is 4.74 Å². The van der Waals surface area contributed by atoms with Gasteiger partial charge in [0, 0.05) is 36.3 Å². The maximum Gasteiger partial charge on any atom is 0.319 e. The minimum absolute atomic E-state index is 0.170. The Kier molecular flexibility index (Phi) is 6.23. The van der Waals surface area contributed by atoms with Gasteiger partial charge in [-0.2, -0.15) is 0 Å². The van der Waals surface area contributed by atoms with Gasteiger partial charge in [0.1, 0.15) is 0 Å². The molecule has 1 saturated heterocycles. The molecule has 2 rings (SSSR count). The Labute approximate surface area is 140 Å². The second kappa shape index (κ2) is 7.94. The number of morpholine rings is 1. The zero-order valence-electron chi connectivity index (χ0n) is 13.4. The minimum Gasteiger partial charge on any atom is -0.373 e. The summed E-state index contributed by atoms with van der Waals surface area (Å²) in [7, 11) is 0. The molecule has 0 bridgehead atoms. The quantitative estimate of drug-likeness (QED) is 0.857. The van der Waals surface area contributed by atoms with Crippen LogP contribution in [0.5, 0.6) is 0 Å². The molecule has 1 aromatic rings. The van der Waals surface area contributed by atoms with E-state index in [-0.39, 0.29) is 18.2 Å². The van der Waals surface area contributed by atoms with E-state index in [1.807, 2.05) is 25.1 Å². The van der Waals surface area contributed by atoms with Crippen molar-refractivity contribution in [2.24, 2.45) is 0 Å². The number of anilines is 1. The Morgan fingerprint density at radius 2 is 2.05 bits per heavy atom. The lowest BCUT2D eigenvalue weighted by molar-refractivity contribution is -0.0672. The molecule has 1 heterocycles. The first-order valence-corrected chi connectivity index (χ1v) is 8.42. The summed E-state index contributed by atoms with van der Waals surface area (Å²) < 4.78 is 6.73. The highest BCUT2D eigenvalue weighted by molar-refractivity contribution is 9.10. The molecule has 22 heavy (non-hydrogen) atoms. The van der Waals surface area contributed by atoms with E-state index >= 15 is 0 Å². The number of amides is 2. The molecule has 6 heteroatoms. The van der Waals surface area contributed by atoms with Crippen LogP contribution in [0.2, 0.25) is 0 Å². The van der Waals surface area contributed by atoms with Gasteiger partial charge >= 0.3 is 6.03 Å². The number of carbonyl (C=O) groups excluding carboxylic acids is 1. The first-order valence-electron chi connectivity index (χ1n) is 7.63. The molecule has 0 saturated carbocycles. The number of benzene rings is 1. The van der Waals surface area contributed by atoms with Crippen LogP contribution in [0, 0.1) is 6.92 Å². The summed E-state index contributed by atoms with van der Waals surface area (Å²) in [6, 6.07) is 5.58. The number of hydrogen-bond acceptors (Lipinski definition) is 3. The number of aryl methyl sites for hydroxylation is 1. The van der Waals surface area contributed by atoms with E-state index in [0.29, 0.717) is 6.54 Å². The Balaban J connectivity index is 1.72. The maximum absolute atomic E-state index is 11.9. The zero-order valence-corrected chi connectivity index (χ0v) is 14.9. The highest BCUT2D eigenvalue weighted by Crippen LogP contribution is 2.19. The summed E-state index contributed by atoms with van der Waals surface area (Å²) in [6.07, 6.45) is 0.506. The Bertz CT molecular complexity index is 514. The van der Waals surface area contributed by atoms with E-state index in [9.17, 15) is 4.79 Å². The average molecular weight is 370 g/mol. The summed E-state index contributed by atoms with van der Waals surface area (Å²) in [5.41, 5.74) is 1.89. The molecule has 2 amide bonds. The van der Waals surface area contributed by atoms with Crippen molar-refractivity contribution in [3.05, 3.63) is 28.2 Å². The second-order valence-electron chi connectivity index (χ2n) is 5.86. The van der Waals surface area contributed by atoms with Gasteiger partial charge in [-0.3, -0.25) is 4.90 Å². The molecule has 2 unspecified atom stereocenters. The number of nitrogens with one attached hydrogen (secondary N) is 2. The van der Waals surface area contributed by atoms with E-state index in [2.05, 4.69) is 45.3 Å². The van der Waals surface area contributed by atoms with Crippen LogP contribution in [0.1, 0.15) is 19.4 Å². The van der Waals surface area contributed by atoms with Gasteiger partial charge in [0.2, 0.25) is 0 Å².